The number of imidazole rings is 1. The molecule has 9 nitrogen and oxygen atoms in total. The Balaban J connectivity index is 1.18. The van der Waals surface area contributed by atoms with Gasteiger partial charge in [0.1, 0.15) is 12.4 Å². The number of carbonyl (C=O) groups excluding carboxylic acids is 3. The van der Waals surface area contributed by atoms with Crippen LogP contribution in [-0.2, 0) is 0 Å². The number of H-pyrrole nitrogens is 1. The normalized spacial score (nSPS) is 12.8. The highest BCUT2D eigenvalue weighted by molar-refractivity contribution is 6.21. The molecule has 0 saturated heterocycles. The van der Waals surface area contributed by atoms with Crippen molar-refractivity contribution in [3.8, 4) is 5.75 Å². The van der Waals surface area contributed by atoms with Gasteiger partial charge in [0.05, 0.1) is 35.1 Å². The molecule has 2 aromatic carbocycles. The number of hydrogen-bond donors (Lipinski definition) is 2. The molecule has 2 N–H and O–H groups in total. The highest BCUT2D eigenvalue weighted by Crippen LogP contribution is 2.23. The van der Waals surface area contributed by atoms with E-state index in [-0.39, 0.29) is 30.9 Å². The van der Waals surface area contributed by atoms with Crippen molar-refractivity contribution in [2.45, 2.75) is 0 Å². The Morgan fingerprint density at radius 2 is 1.69 bits per heavy atom. The summed E-state index contributed by atoms with van der Waals surface area (Å²) in [6, 6.07) is 15.2. The van der Waals surface area contributed by atoms with E-state index in [1.807, 2.05) is 0 Å². The van der Waals surface area contributed by atoms with E-state index in [0.717, 1.165) is 0 Å². The molecule has 0 radical (unpaired) electrons. The maximum atomic E-state index is 12.6. The third-order valence-electron chi connectivity index (χ3n) is 5.15. The summed E-state index contributed by atoms with van der Waals surface area (Å²) in [6.07, 6.45) is 3.02. The minimum Gasteiger partial charge on any atom is -0.492 e. The number of hydrogen-bond acceptors (Lipinski definition) is 6. The fraction of sp³-hybridized carbons (Fsp3) is 0.0870. The molecule has 4 aromatic rings. The molecule has 3 amide bonds. The lowest BCUT2D eigenvalue weighted by Crippen LogP contribution is -2.33. The number of anilines is 1. The van der Waals surface area contributed by atoms with E-state index >= 15 is 0 Å². The average Bonchev–Trinajstić information content (AvgIpc) is 3.39. The summed E-state index contributed by atoms with van der Waals surface area (Å²) >= 11 is 0. The molecular formula is C23H17N5O4. The molecular weight excluding hydrogens is 410 g/mol. The van der Waals surface area contributed by atoms with Crippen molar-refractivity contribution in [1.82, 2.24) is 19.9 Å². The fourth-order valence-electron chi connectivity index (χ4n) is 3.57. The minimum atomic E-state index is -0.310. The number of fused-ring (bicyclic) bond motifs is 2. The van der Waals surface area contributed by atoms with Gasteiger partial charge in [-0.1, -0.05) is 12.1 Å². The molecule has 3 heterocycles. The van der Waals surface area contributed by atoms with Gasteiger partial charge in [-0.3, -0.25) is 19.3 Å². The minimum absolute atomic E-state index is 0.146. The van der Waals surface area contributed by atoms with E-state index in [1.54, 1.807) is 54.6 Å². The van der Waals surface area contributed by atoms with Crippen LogP contribution in [0.5, 0.6) is 5.75 Å². The number of ether oxygens (including phenoxy) is 1. The average molecular weight is 427 g/mol. The fourth-order valence-corrected chi connectivity index (χ4v) is 3.57. The molecule has 32 heavy (non-hydrogen) atoms. The summed E-state index contributed by atoms with van der Waals surface area (Å²) in [5.74, 6) is -0.357. The lowest BCUT2D eigenvalue weighted by atomic mass is 10.1. The molecule has 0 spiro atoms. The lowest BCUT2D eigenvalue weighted by Gasteiger charge is -2.14. The van der Waals surface area contributed by atoms with E-state index in [2.05, 4.69) is 20.3 Å². The van der Waals surface area contributed by atoms with Gasteiger partial charge in [-0.25, -0.2) is 9.97 Å². The molecule has 0 atom stereocenters. The van der Waals surface area contributed by atoms with Crippen LogP contribution in [0.4, 0.5) is 5.69 Å². The van der Waals surface area contributed by atoms with Crippen LogP contribution in [0.25, 0.3) is 11.2 Å². The Morgan fingerprint density at radius 3 is 2.41 bits per heavy atom. The highest BCUT2D eigenvalue weighted by Gasteiger charge is 2.34. The van der Waals surface area contributed by atoms with Crippen molar-refractivity contribution in [3.05, 3.63) is 83.8 Å². The monoisotopic (exact) mass is 427 g/mol. The second-order valence-corrected chi connectivity index (χ2v) is 7.09. The Morgan fingerprint density at radius 1 is 0.969 bits per heavy atom. The molecule has 158 valence electrons. The molecule has 1 aliphatic rings. The van der Waals surface area contributed by atoms with Gasteiger partial charge < -0.3 is 15.0 Å². The molecule has 5 rings (SSSR count). The molecule has 9 heteroatoms. The van der Waals surface area contributed by atoms with Gasteiger partial charge in [0.2, 0.25) is 0 Å². The predicted octanol–water partition coefficient (Wildman–Crippen LogP) is 2.89. The summed E-state index contributed by atoms with van der Waals surface area (Å²) in [5, 5.41) is 2.82. The van der Waals surface area contributed by atoms with E-state index in [0.29, 0.717) is 39.3 Å². The summed E-state index contributed by atoms with van der Waals surface area (Å²) < 4.78 is 5.67. The van der Waals surface area contributed by atoms with Crippen molar-refractivity contribution in [3.63, 3.8) is 0 Å². The first kappa shape index (κ1) is 19.4. The first-order chi connectivity index (χ1) is 15.6. The molecule has 0 bridgehead atoms. The number of nitrogens with zero attached hydrogens (tertiary/aromatic N) is 3. The van der Waals surface area contributed by atoms with Gasteiger partial charge in [0, 0.05) is 11.9 Å². The van der Waals surface area contributed by atoms with Crippen molar-refractivity contribution in [2.24, 2.45) is 0 Å². The van der Waals surface area contributed by atoms with Crippen molar-refractivity contribution >= 4 is 34.6 Å². The maximum absolute atomic E-state index is 12.6. The first-order valence-electron chi connectivity index (χ1n) is 9.89. The molecule has 0 unspecified atom stereocenters. The Bertz CT molecular complexity index is 1310. The number of rotatable bonds is 6. The number of amides is 3. The molecule has 0 aliphatic carbocycles. The Labute approximate surface area is 182 Å². The first-order valence-corrected chi connectivity index (χ1v) is 9.89. The Hall–Kier alpha value is -4.53. The highest BCUT2D eigenvalue weighted by atomic mass is 16.5. The van der Waals surface area contributed by atoms with Crippen molar-refractivity contribution < 1.29 is 19.1 Å². The van der Waals surface area contributed by atoms with Crippen LogP contribution < -0.4 is 10.1 Å². The summed E-state index contributed by atoms with van der Waals surface area (Å²) in [7, 11) is 0. The van der Waals surface area contributed by atoms with Crippen LogP contribution >= 0.6 is 0 Å². The van der Waals surface area contributed by atoms with Crippen LogP contribution in [0.2, 0.25) is 0 Å². The molecule has 1 aliphatic heterocycles. The van der Waals surface area contributed by atoms with Gasteiger partial charge in [0.25, 0.3) is 17.7 Å². The second kappa shape index (κ2) is 7.95. The maximum Gasteiger partial charge on any atom is 0.261 e. The van der Waals surface area contributed by atoms with Gasteiger partial charge in [0.15, 0.2) is 5.65 Å². The van der Waals surface area contributed by atoms with Gasteiger partial charge in [-0.2, -0.15) is 0 Å². The number of pyridine rings is 1. The second-order valence-electron chi connectivity index (χ2n) is 7.09. The summed E-state index contributed by atoms with van der Waals surface area (Å²) in [6.45, 7) is 0.305. The predicted molar refractivity (Wildman–Crippen MR) is 116 cm³/mol. The zero-order valence-electron chi connectivity index (χ0n) is 16.7. The van der Waals surface area contributed by atoms with Gasteiger partial charge in [-0.05, 0) is 42.5 Å². The van der Waals surface area contributed by atoms with Crippen LogP contribution in [0.3, 0.4) is 0 Å². The third-order valence-corrected chi connectivity index (χ3v) is 5.15. The lowest BCUT2D eigenvalue weighted by molar-refractivity contribution is 0.0631. The topological polar surface area (TPSA) is 117 Å². The van der Waals surface area contributed by atoms with Gasteiger partial charge in [-0.15, -0.1) is 0 Å². The van der Waals surface area contributed by atoms with E-state index in [4.69, 9.17) is 4.74 Å². The number of nitrogens with one attached hydrogen (secondary N) is 2. The van der Waals surface area contributed by atoms with E-state index in [1.165, 1.54) is 17.4 Å². The van der Waals surface area contributed by atoms with Crippen molar-refractivity contribution in [1.29, 1.82) is 0 Å². The largest absolute Gasteiger partial charge is 0.492 e. The zero-order chi connectivity index (χ0) is 22.1. The van der Waals surface area contributed by atoms with E-state index < -0.39 is 0 Å². The molecule has 2 aromatic heterocycles. The van der Waals surface area contributed by atoms with Crippen LogP contribution in [0.15, 0.2) is 67.1 Å². The third kappa shape index (κ3) is 3.45. The van der Waals surface area contributed by atoms with Crippen LogP contribution in [0.1, 0.15) is 31.1 Å². The number of carbonyl (C=O) groups is 3. The quantitative estimate of drug-likeness (QED) is 0.457. The molecule has 0 saturated carbocycles. The van der Waals surface area contributed by atoms with Crippen molar-refractivity contribution in [2.75, 3.05) is 18.5 Å². The number of aromatic nitrogens is 3. The van der Waals surface area contributed by atoms with E-state index in [9.17, 15) is 14.4 Å². The number of benzene rings is 2. The SMILES string of the molecule is O=C(Nc1ccc(OCCN2C(=O)c3ccccc3C2=O)cc1)c1ccnc2nc[nH]c12. The van der Waals surface area contributed by atoms with Gasteiger partial charge >= 0.3 is 0 Å². The number of imide groups is 1. The summed E-state index contributed by atoms with van der Waals surface area (Å²) in [4.78, 5) is 49.6. The standard InChI is InChI=1S/C23H17N5O4/c29-21(18-9-10-24-20-19(18)25-13-26-20)27-14-5-7-15(8-6-14)32-12-11-28-22(30)16-3-1-2-4-17(16)23(28)31/h1-10,13H,11-12H2,(H,27,29)(H,24,25,26). The summed E-state index contributed by atoms with van der Waals surface area (Å²) in [5.41, 5.74) is 2.90. The molecule has 0 fully saturated rings. The van der Waals surface area contributed by atoms with Crippen LogP contribution in [-0.4, -0.2) is 50.7 Å². The number of aromatic amines is 1. The Kier molecular flexibility index (Phi) is 4.83. The van der Waals surface area contributed by atoms with Crippen LogP contribution in [0, 0.1) is 0 Å². The smallest absolute Gasteiger partial charge is 0.261 e. The zero-order valence-corrected chi connectivity index (χ0v) is 16.7.